The highest BCUT2D eigenvalue weighted by molar-refractivity contribution is 5.85. The maximum absolute atomic E-state index is 11.7. The third kappa shape index (κ3) is 6.16. The third-order valence-electron chi connectivity index (χ3n) is 2.89. The molecule has 0 unspecified atom stereocenters. The number of carboxylic acids is 1. The minimum absolute atomic E-state index is 0.0119. The molecule has 0 radical (unpaired) electrons. The number of carbonyl (C=O) groups excluding carboxylic acids is 2. The zero-order chi connectivity index (χ0) is 14.3. The third-order valence-corrected chi connectivity index (χ3v) is 2.89. The van der Waals surface area contributed by atoms with Crippen LogP contribution in [0.25, 0.3) is 0 Å². The molecule has 1 rings (SSSR count). The first kappa shape index (κ1) is 15.4. The molecule has 1 saturated heterocycles. The molecule has 19 heavy (non-hydrogen) atoms. The Morgan fingerprint density at radius 1 is 1.32 bits per heavy atom. The molecule has 8 nitrogen and oxygen atoms in total. The van der Waals surface area contributed by atoms with Crippen molar-refractivity contribution in [1.29, 1.82) is 0 Å². The minimum Gasteiger partial charge on any atom is -0.480 e. The number of carboxylic acid groups (broad SMARTS) is 1. The summed E-state index contributed by atoms with van der Waals surface area (Å²) in [5, 5.41) is 14.5. The standard InChI is InChI=1S/C11H20N4O4/c12-9(16)2-1-8(11(18)19)14-10(17)7-15-5-3-13-4-6-15/h8,13H,1-7H2,(H2,12,16)(H,14,17)(H,18,19)/t8-/m1/s1. The first-order chi connectivity index (χ1) is 8.99. The number of aliphatic carboxylic acids is 1. The van der Waals surface area contributed by atoms with Crippen LogP contribution in [0.2, 0.25) is 0 Å². The van der Waals surface area contributed by atoms with Crippen molar-refractivity contribution in [3.63, 3.8) is 0 Å². The number of nitrogens with one attached hydrogen (secondary N) is 2. The fourth-order valence-corrected chi connectivity index (χ4v) is 1.86. The van der Waals surface area contributed by atoms with Gasteiger partial charge in [0.25, 0.3) is 0 Å². The quantitative estimate of drug-likeness (QED) is 0.414. The van der Waals surface area contributed by atoms with Gasteiger partial charge in [-0.05, 0) is 6.42 Å². The van der Waals surface area contributed by atoms with Gasteiger partial charge in [-0.1, -0.05) is 0 Å². The van der Waals surface area contributed by atoms with Gasteiger partial charge in [-0.2, -0.15) is 0 Å². The fourth-order valence-electron chi connectivity index (χ4n) is 1.86. The van der Waals surface area contributed by atoms with Crippen LogP contribution in [0.15, 0.2) is 0 Å². The van der Waals surface area contributed by atoms with E-state index in [1.165, 1.54) is 0 Å². The van der Waals surface area contributed by atoms with Crippen molar-refractivity contribution in [2.75, 3.05) is 32.7 Å². The lowest BCUT2D eigenvalue weighted by molar-refractivity contribution is -0.142. The van der Waals surface area contributed by atoms with Crippen LogP contribution in [0.1, 0.15) is 12.8 Å². The van der Waals surface area contributed by atoms with Crippen molar-refractivity contribution in [2.45, 2.75) is 18.9 Å². The molecule has 108 valence electrons. The summed E-state index contributed by atoms with van der Waals surface area (Å²) in [5.74, 6) is -2.09. The molecule has 1 atom stereocenters. The van der Waals surface area contributed by atoms with E-state index in [4.69, 9.17) is 10.8 Å². The Hall–Kier alpha value is -1.67. The second kappa shape index (κ2) is 7.70. The van der Waals surface area contributed by atoms with E-state index in [9.17, 15) is 14.4 Å². The Morgan fingerprint density at radius 2 is 1.95 bits per heavy atom. The second-order valence-corrected chi connectivity index (χ2v) is 4.49. The first-order valence-corrected chi connectivity index (χ1v) is 6.22. The fraction of sp³-hybridized carbons (Fsp3) is 0.727. The molecule has 0 aromatic carbocycles. The van der Waals surface area contributed by atoms with E-state index in [1.54, 1.807) is 0 Å². The van der Waals surface area contributed by atoms with Gasteiger partial charge in [0.05, 0.1) is 6.54 Å². The Balaban J connectivity index is 2.37. The smallest absolute Gasteiger partial charge is 0.326 e. The molecule has 0 saturated carbocycles. The molecule has 5 N–H and O–H groups in total. The number of carbonyl (C=O) groups is 3. The largest absolute Gasteiger partial charge is 0.480 e. The zero-order valence-corrected chi connectivity index (χ0v) is 10.7. The van der Waals surface area contributed by atoms with Crippen LogP contribution in [-0.4, -0.2) is 66.6 Å². The summed E-state index contributed by atoms with van der Waals surface area (Å²) in [6.07, 6.45) is -0.0527. The summed E-state index contributed by atoms with van der Waals surface area (Å²) in [5.41, 5.74) is 4.96. The summed E-state index contributed by atoms with van der Waals surface area (Å²) >= 11 is 0. The molecule has 8 heteroatoms. The van der Waals surface area contributed by atoms with Gasteiger partial charge in [-0.15, -0.1) is 0 Å². The molecular formula is C11H20N4O4. The summed E-state index contributed by atoms with van der Waals surface area (Å²) in [6, 6.07) is -1.07. The van der Waals surface area contributed by atoms with Gasteiger partial charge in [0.15, 0.2) is 0 Å². The highest BCUT2D eigenvalue weighted by Gasteiger charge is 2.22. The maximum atomic E-state index is 11.7. The van der Waals surface area contributed by atoms with Gasteiger partial charge in [-0.3, -0.25) is 14.5 Å². The van der Waals surface area contributed by atoms with E-state index in [-0.39, 0.29) is 25.3 Å². The molecule has 1 aliphatic heterocycles. The van der Waals surface area contributed by atoms with Crippen LogP contribution >= 0.6 is 0 Å². The Kier molecular flexibility index (Phi) is 6.23. The lowest BCUT2D eigenvalue weighted by Crippen LogP contribution is -2.50. The van der Waals surface area contributed by atoms with Crippen molar-refractivity contribution >= 4 is 17.8 Å². The molecule has 0 bridgehead atoms. The van der Waals surface area contributed by atoms with Crippen LogP contribution in [0.3, 0.4) is 0 Å². The van der Waals surface area contributed by atoms with Crippen molar-refractivity contribution < 1.29 is 19.5 Å². The van der Waals surface area contributed by atoms with Crippen molar-refractivity contribution in [2.24, 2.45) is 5.73 Å². The number of nitrogens with two attached hydrogens (primary N) is 1. The van der Waals surface area contributed by atoms with E-state index in [0.717, 1.165) is 26.2 Å². The molecule has 0 spiro atoms. The molecule has 1 aliphatic rings. The maximum Gasteiger partial charge on any atom is 0.326 e. The van der Waals surface area contributed by atoms with Gasteiger partial charge in [0.1, 0.15) is 6.04 Å². The van der Waals surface area contributed by atoms with Gasteiger partial charge in [0.2, 0.25) is 11.8 Å². The molecule has 1 fully saturated rings. The number of hydrogen-bond acceptors (Lipinski definition) is 5. The molecule has 0 aliphatic carbocycles. The van der Waals surface area contributed by atoms with Crippen LogP contribution in [-0.2, 0) is 14.4 Å². The lowest BCUT2D eigenvalue weighted by atomic mass is 10.1. The van der Waals surface area contributed by atoms with Crippen molar-refractivity contribution in [3.05, 3.63) is 0 Å². The van der Waals surface area contributed by atoms with Crippen molar-refractivity contribution in [3.8, 4) is 0 Å². The van der Waals surface area contributed by atoms with E-state index < -0.39 is 17.9 Å². The first-order valence-electron chi connectivity index (χ1n) is 6.22. The van der Waals surface area contributed by atoms with E-state index >= 15 is 0 Å². The van der Waals surface area contributed by atoms with Gasteiger partial charge in [0, 0.05) is 32.6 Å². The highest BCUT2D eigenvalue weighted by Crippen LogP contribution is 1.98. The minimum atomic E-state index is -1.16. The van der Waals surface area contributed by atoms with Crippen LogP contribution < -0.4 is 16.4 Å². The monoisotopic (exact) mass is 272 g/mol. The SMILES string of the molecule is NC(=O)CC[C@@H](NC(=O)CN1CCNCC1)C(=O)O. The summed E-state index contributed by atoms with van der Waals surface area (Å²) in [4.78, 5) is 35.2. The normalized spacial score (nSPS) is 17.7. The van der Waals surface area contributed by atoms with Crippen LogP contribution in [0.4, 0.5) is 0 Å². The number of piperazine rings is 1. The van der Waals surface area contributed by atoms with E-state index in [1.807, 2.05) is 4.90 Å². The van der Waals surface area contributed by atoms with Gasteiger partial charge in [-0.25, -0.2) is 4.79 Å². The van der Waals surface area contributed by atoms with E-state index in [2.05, 4.69) is 10.6 Å². The van der Waals surface area contributed by atoms with Crippen LogP contribution in [0, 0.1) is 0 Å². The zero-order valence-electron chi connectivity index (χ0n) is 10.7. The topological polar surface area (TPSA) is 125 Å². The van der Waals surface area contributed by atoms with Crippen molar-refractivity contribution in [1.82, 2.24) is 15.5 Å². The molecule has 1 heterocycles. The summed E-state index contributed by atoms with van der Waals surface area (Å²) in [6.45, 7) is 3.32. The number of primary amides is 1. The molecule has 2 amide bonds. The highest BCUT2D eigenvalue weighted by atomic mass is 16.4. The predicted molar refractivity (Wildman–Crippen MR) is 67.3 cm³/mol. The molecular weight excluding hydrogens is 252 g/mol. The summed E-state index contributed by atoms with van der Waals surface area (Å²) < 4.78 is 0. The second-order valence-electron chi connectivity index (χ2n) is 4.49. The molecule has 0 aromatic heterocycles. The number of nitrogens with zero attached hydrogens (tertiary/aromatic N) is 1. The predicted octanol–water partition coefficient (Wildman–Crippen LogP) is -2.27. The van der Waals surface area contributed by atoms with E-state index in [0.29, 0.717) is 0 Å². The molecule has 0 aromatic rings. The van der Waals surface area contributed by atoms with Crippen LogP contribution in [0.5, 0.6) is 0 Å². The average Bonchev–Trinajstić information content (AvgIpc) is 2.35. The summed E-state index contributed by atoms with van der Waals surface area (Å²) in [7, 11) is 0. The Labute approximate surface area is 111 Å². The number of hydrogen-bond donors (Lipinski definition) is 4. The number of rotatable bonds is 7. The van der Waals surface area contributed by atoms with Gasteiger partial charge < -0.3 is 21.5 Å². The van der Waals surface area contributed by atoms with Gasteiger partial charge >= 0.3 is 5.97 Å². The average molecular weight is 272 g/mol. The lowest BCUT2D eigenvalue weighted by Gasteiger charge is -2.27. The number of amides is 2. The Morgan fingerprint density at radius 3 is 2.47 bits per heavy atom. The Bertz CT molecular complexity index is 342.